The highest BCUT2D eigenvalue weighted by Gasteiger charge is 2.36. The second-order valence-corrected chi connectivity index (χ2v) is 6.67. The van der Waals surface area contributed by atoms with E-state index in [1.165, 1.54) is 26.2 Å². The summed E-state index contributed by atoms with van der Waals surface area (Å²) in [6, 6.07) is 0.462. The second-order valence-electron chi connectivity index (χ2n) is 6.67. The molecule has 0 saturated carbocycles. The quantitative estimate of drug-likeness (QED) is 0.311. The predicted molar refractivity (Wildman–Crippen MR) is 97.3 cm³/mol. The maximum Gasteiger partial charge on any atom is 0.417 e. The normalized spacial score (nSPS) is 12.5. The third-order valence-corrected chi connectivity index (χ3v) is 4.23. The Morgan fingerprint density at radius 1 is 1.07 bits per heavy atom. The molecule has 8 heteroatoms. The Labute approximate surface area is 162 Å². The molecule has 158 valence electrons. The van der Waals surface area contributed by atoms with Gasteiger partial charge in [-0.1, -0.05) is 45.4 Å². The van der Waals surface area contributed by atoms with Crippen molar-refractivity contribution in [3.63, 3.8) is 0 Å². The van der Waals surface area contributed by atoms with Crippen LogP contribution in [0, 0.1) is 5.82 Å². The number of benzene rings is 1. The fraction of sp³-hybridized carbons (Fsp3) is 0.600. The van der Waals surface area contributed by atoms with Gasteiger partial charge in [0.2, 0.25) is 0 Å². The molecule has 1 aromatic carbocycles. The Kier molecular flexibility index (Phi) is 9.96. The van der Waals surface area contributed by atoms with Gasteiger partial charge in [0.1, 0.15) is 11.9 Å². The number of nitrogens with one attached hydrogen (secondary N) is 1. The van der Waals surface area contributed by atoms with Gasteiger partial charge in [0.25, 0.3) is 5.91 Å². The van der Waals surface area contributed by atoms with Gasteiger partial charge in [-0.05, 0) is 31.5 Å². The third-order valence-electron chi connectivity index (χ3n) is 4.23. The van der Waals surface area contributed by atoms with E-state index in [4.69, 9.17) is 4.74 Å². The maximum absolute atomic E-state index is 13.3. The van der Waals surface area contributed by atoms with Crippen molar-refractivity contribution in [1.29, 1.82) is 0 Å². The summed E-state index contributed by atoms with van der Waals surface area (Å²) in [5.74, 6) is -2.91. The van der Waals surface area contributed by atoms with Crippen molar-refractivity contribution in [3.8, 4) is 0 Å². The zero-order valence-corrected chi connectivity index (χ0v) is 16.2. The SMILES string of the molecule is CCCCCCCCCOC(=O)C(C)NC(=O)c1cc(F)ccc1C(F)(F)F. The molecule has 4 nitrogen and oxygen atoms in total. The van der Waals surface area contributed by atoms with Crippen LogP contribution in [0.5, 0.6) is 0 Å². The zero-order chi connectivity index (χ0) is 21.2. The lowest BCUT2D eigenvalue weighted by Gasteiger charge is -2.16. The standard InChI is InChI=1S/C20H27F4NO3/c1-3-4-5-6-7-8-9-12-28-19(27)14(2)25-18(26)16-13-15(21)10-11-17(16)20(22,23)24/h10-11,13-14H,3-9,12H2,1-2H3,(H,25,26). The molecule has 0 saturated heterocycles. The van der Waals surface area contributed by atoms with Crippen molar-refractivity contribution in [2.75, 3.05) is 6.61 Å². The minimum atomic E-state index is -4.82. The number of rotatable bonds is 11. The van der Waals surface area contributed by atoms with Crippen LogP contribution >= 0.6 is 0 Å². The van der Waals surface area contributed by atoms with E-state index >= 15 is 0 Å². The van der Waals surface area contributed by atoms with Crippen LogP contribution in [0.1, 0.15) is 74.7 Å². The molecule has 0 aliphatic heterocycles. The topological polar surface area (TPSA) is 55.4 Å². The lowest BCUT2D eigenvalue weighted by Crippen LogP contribution is -2.40. The highest BCUT2D eigenvalue weighted by atomic mass is 19.4. The van der Waals surface area contributed by atoms with Crippen molar-refractivity contribution in [2.45, 2.75) is 71.0 Å². The number of carbonyl (C=O) groups is 2. The number of esters is 1. The van der Waals surface area contributed by atoms with E-state index in [0.717, 1.165) is 19.3 Å². The maximum atomic E-state index is 13.3. The second kappa shape index (κ2) is 11.7. The Morgan fingerprint density at radius 2 is 1.68 bits per heavy atom. The van der Waals surface area contributed by atoms with Gasteiger partial charge in [-0.2, -0.15) is 13.2 Å². The highest BCUT2D eigenvalue weighted by molar-refractivity contribution is 5.98. The number of unbranched alkanes of at least 4 members (excludes halogenated alkanes) is 6. The minimum Gasteiger partial charge on any atom is -0.464 e. The Balaban J connectivity index is 2.48. The molecule has 1 rings (SSSR count). The number of hydrogen-bond donors (Lipinski definition) is 1. The molecule has 1 aromatic rings. The molecular weight excluding hydrogens is 378 g/mol. The van der Waals surface area contributed by atoms with Crippen LogP contribution < -0.4 is 5.32 Å². The fourth-order valence-electron chi connectivity index (χ4n) is 2.64. The van der Waals surface area contributed by atoms with Crippen molar-refractivity contribution < 1.29 is 31.9 Å². The van der Waals surface area contributed by atoms with Gasteiger partial charge in [0.05, 0.1) is 17.7 Å². The molecular formula is C20H27F4NO3. The predicted octanol–water partition coefficient (Wildman–Crippen LogP) is 5.26. The molecule has 0 bridgehead atoms. The van der Waals surface area contributed by atoms with E-state index in [1.54, 1.807) is 0 Å². The first-order valence-corrected chi connectivity index (χ1v) is 9.51. The van der Waals surface area contributed by atoms with Crippen LogP contribution in [0.15, 0.2) is 18.2 Å². The number of halogens is 4. The molecule has 0 aromatic heterocycles. The minimum absolute atomic E-state index is 0.181. The number of hydrogen-bond acceptors (Lipinski definition) is 3. The summed E-state index contributed by atoms with van der Waals surface area (Å²) >= 11 is 0. The highest BCUT2D eigenvalue weighted by Crippen LogP contribution is 2.32. The number of amides is 1. The number of alkyl halides is 3. The Morgan fingerprint density at radius 3 is 2.29 bits per heavy atom. The molecule has 28 heavy (non-hydrogen) atoms. The van der Waals surface area contributed by atoms with Crippen molar-refractivity contribution in [3.05, 3.63) is 35.1 Å². The van der Waals surface area contributed by atoms with Gasteiger partial charge in [0.15, 0.2) is 0 Å². The van der Waals surface area contributed by atoms with Crippen LogP contribution in [0.4, 0.5) is 17.6 Å². The Bertz CT molecular complexity index is 647. The molecule has 0 radical (unpaired) electrons. The van der Waals surface area contributed by atoms with E-state index in [1.807, 2.05) is 0 Å². The fourth-order valence-corrected chi connectivity index (χ4v) is 2.64. The lowest BCUT2D eigenvalue weighted by molar-refractivity contribution is -0.145. The molecule has 1 amide bonds. The summed E-state index contributed by atoms with van der Waals surface area (Å²) in [5.41, 5.74) is -2.14. The largest absolute Gasteiger partial charge is 0.464 e. The molecule has 0 aliphatic rings. The average molecular weight is 405 g/mol. The van der Waals surface area contributed by atoms with Crippen molar-refractivity contribution in [2.24, 2.45) is 0 Å². The van der Waals surface area contributed by atoms with Crippen LogP contribution in [0.25, 0.3) is 0 Å². The molecule has 0 spiro atoms. The molecule has 1 unspecified atom stereocenters. The number of ether oxygens (including phenoxy) is 1. The van der Waals surface area contributed by atoms with Gasteiger partial charge in [-0.3, -0.25) is 4.79 Å². The lowest BCUT2D eigenvalue weighted by atomic mass is 10.1. The first-order valence-electron chi connectivity index (χ1n) is 9.51. The van der Waals surface area contributed by atoms with Gasteiger partial charge in [0, 0.05) is 0 Å². The summed E-state index contributed by atoms with van der Waals surface area (Å²) in [7, 11) is 0. The summed E-state index contributed by atoms with van der Waals surface area (Å²) in [4.78, 5) is 24.0. The number of carbonyl (C=O) groups excluding carboxylic acids is 2. The molecule has 1 atom stereocenters. The van der Waals surface area contributed by atoms with Crippen LogP contribution in [-0.2, 0) is 15.7 Å². The summed E-state index contributed by atoms with van der Waals surface area (Å²) in [6.45, 7) is 3.62. The monoisotopic (exact) mass is 405 g/mol. The van der Waals surface area contributed by atoms with E-state index < -0.39 is 41.0 Å². The van der Waals surface area contributed by atoms with Crippen LogP contribution in [0.2, 0.25) is 0 Å². The first-order chi connectivity index (χ1) is 13.2. The van der Waals surface area contributed by atoms with Gasteiger partial charge in [-0.25, -0.2) is 9.18 Å². The van der Waals surface area contributed by atoms with E-state index in [-0.39, 0.29) is 6.61 Å². The Hall–Kier alpha value is -2.12. The average Bonchev–Trinajstić information content (AvgIpc) is 2.62. The summed E-state index contributed by atoms with van der Waals surface area (Å²) in [6.07, 6.45) is 2.50. The summed E-state index contributed by atoms with van der Waals surface area (Å²) < 4.78 is 57.3. The van der Waals surface area contributed by atoms with Crippen LogP contribution in [-0.4, -0.2) is 24.5 Å². The van der Waals surface area contributed by atoms with Crippen molar-refractivity contribution in [1.82, 2.24) is 5.32 Å². The van der Waals surface area contributed by atoms with E-state index in [9.17, 15) is 27.2 Å². The van der Waals surface area contributed by atoms with Crippen molar-refractivity contribution >= 4 is 11.9 Å². The molecule has 0 aliphatic carbocycles. The molecule has 0 fully saturated rings. The molecule has 1 N–H and O–H groups in total. The van der Waals surface area contributed by atoms with Gasteiger partial charge in [-0.15, -0.1) is 0 Å². The summed E-state index contributed by atoms with van der Waals surface area (Å²) in [5, 5.41) is 2.13. The van der Waals surface area contributed by atoms with Gasteiger partial charge >= 0.3 is 12.1 Å². The van der Waals surface area contributed by atoms with Gasteiger partial charge < -0.3 is 10.1 Å². The smallest absolute Gasteiger partial charge is 0.417 e. The van der Waals surface area contributed by atoms with Crippen LogP contribution in [0.3, 0.4) is 0 Å². The molecule has 0 heterocycles. The first kappa shape index (κ1) is 23.9. The van der Waals surface area contributed by atoms with E-state index in [2.05, 4.69) is 12.2 Å². The zero-order valence-electron chi connectivity index (χ0n) is 16.2. The van der Waals surface area contributed by atoms with E-state index in [0.29, 0.717) is 24.6 Å². The third kappa shape index (κ3) is 8.27.